The Morgan fingerprint density at radius 1 is 1.32 bits per heavy atom. The van der Waals surface area contributed by atoms with Crippen LogP contribution in [0.2, 0.25) is 0 Å². The molecule has 19 heavy (non-hydrogen) atoms. The van der Waals surface area contributed by atoms with Crippen molar-refractivity contribution in [3.63, 3.8) is 0 Å². The van der Waals surface area contributed by atoms with Gasteiger partial charge in [0.25, 0.3) is 0 Å². The quantitative estimate of drug-likeness (QED) is 0.850. The summed E-state index contributed by atoms with van der Waals surface area (Å²) < 4.78 is 0. The van der Waals surface area contributed by atoms with E-state index in [1.165, 1.54) is 16.8 Å². The van der Waals surface area contributed by atoms with Gasteiger partial charge in [-0.15, -0.1) is 0 Å². The third-order valence-corrected chi connectivity index (χ3v) is 3.55. The topological polar surface area (TPSA) is 35.5 Å². The normalized spacial score (nSPS) is 21.3. The number of benzene rings is 1. The summed E-state index contributed by atoms with van der Waals surface area (Å²) in [5, 5.41) is 12.8. The SMILES string of the molecule is CC1=C(c2cccc(C)c2)N2C=C(CO)C=CC2N1. The molecule has 1 aromatic rings. The number of aliphatic hydroxyl groups excluding tert-OH is 1. The third-order valence-electron chi connectivity index (χ3n) is 3.55. The van der Waals surface area contributed by atoms with Gasteiger partial charge in [-0.1, -0.05) is 29.8 Å². The summed E-state index contributed by atoms with van der Waals surface area (Å²) in [7, 11) is 0. The number of hydrogen-bond donors (Lipinski definition) is 2. The zero-order valence-electron chi connectivity index (χ0n) is 11.2. The molecular weight excluding hydrogens is 236 g/mol. The molecule has 0 spiro atoms. The molecule has 2 aliphatic rings. The standard InChI is InChI=1S/C16H18N2O/c1-11-4-3-5-14(8-11)16-12(2)17-15-7-6-13(10-19)9-18(15)16/h3-9,15,17,19H,10H2,1-2H3. The van der Waals surface area contributed by atoms with Gasteiger partial charge >= 0.3 is 0 Å². The first kappa shape index (κ1) is 12.1. The molecule has 2 aliphatic heterocycles. The van der Waals surface area contributed by atoms with E-state index < -0.39 is 0 Å². The van der Waals surface area contributed by atoms with Crippen LogP contribution in [0.1, 0.15) is 18.1 Å². The highest BCUT2D eigenvalue weighted by Gasteiger charge is 2.29. The molecule has 1 atom stereocenters. The van der Waals surface area contributed by atoms with Crippen LogP contribution in [0, 0.1) is 6.92 Å². The Hall–Kier alpha value is -2.00. The van der Waals surface area contributed by atoms with Crippen LogP contribution in [0.3, 0.4) is 0 Å². The molecule has 3 rings (SSSR count). The molecule has 0 saturated carbocycles. The van der Waals surface area contributed by atoms with Gasteiger partial charge in [0, 0.05) is 17.5 Å². The average Bonchev–Trinajstić information content (AvgIpc) is 2.73. The molecule has 98 valence electrons. The fourth-order valence-corrected chi connectivity index (χ4v) is 2.67. The van der Waals surface area contributed by atoms with Gasteiger partial charge in [-0.05, 0) is 31.6 Å². The van der Waals surface area contributed by atoms with Crippen LogP contribution < -0.4 is 5.32 Å². The van der Waals surface area contributed by atoms with E-state index in [0.717, 1.165) is 11.3 Å². The number of nitrogens with one attached hydrogen (secondary N) is 1. The lowest BCUT2D eigenvalue weighted by Crippen LogP contribution is -2.33. The maximum Gasteiger partial charge on any atom is 0.123 e. The molecule has 2 N–H and O–H groups in total. The minimum absolute atomic E-state index is 0.0693. The Morgan fingerprint density at radius 2 is 2.16 bits per heavy atom. The first-order valence-electron chi connectivity index (χ1n) is 6.51. The zero-order valence-corrected chi connectivity index (χ0v) is 11.2. The van der Waals surface area contributed by atoms with Crippen molar-refractivity contribution >= 4 is 5.70 Å². The van der Waals surface area contributed by atoms with E-state index in [-0.39, 0.29) is 12.8 Å². The van der Waals surface area contributed by atoms with Crippen LogP contribution in [0.15, 0.2) is 53.9 Å². The van der Waals surface area contributed by atoms with Crippen LogP contribution in [0.25, 0.3) is 5.70 Å². The summed E-state index contributed by atoms with van der Waals surface area (Å²) in [5.41, 5.74) is 5.73. The number of fused-ring (bicyclic) bond motifs is 1. The van der Waals surface area contributed by atoms with Gasteiger partial charge < -0.3 is 15.3 Å². The van der Waals surface area contributed by atoms with Gasteiger partial charge in [-0.3, -0.25) is 0 Å². The van der Waals surface area contributed by atoms with Crippen molar-refractivity contribution in [3.8, 4) is 0 Å². The van der Waals surface area contributed by atoms with E-state index in [1.54, 1.807) is 0 Å². The van der Waals surface area contributed by atoms with Gasteiger partial charge in [0.1, 0.15) is 6.17 Å². The largest absolute Gasteiger partial charge is 0.392 e. The predicted molar refractivity (Wildman–Crippen MR) is 76.8 cm³/mol. The molecular formula is C16H18N2O. The van der Waals surface area contributed by atoms with Gasteiger partial charge in [0.2, 0.25) is 0 Å². The van der Waals surface area contributed by atoms with Crippen molar-refractivity contribution in [2.45, 2.75) is 20.0 Å². The second-order valence-corrected chi connectivity index (χ2v) is 5.06. The molecule has 1 aromatic carbocycles. The van der Waals surface area contributed by atoms with Crippen LogP contribution >= 0.6 is 0 Å². The molecule has 0 radical (unpaired) electrons. The summed E-state index contributed by atoms with van der Waals surface area (Å²) >= 11 is 0. The molecule has 3 heteroatoms. The van der Waals surface area contributed by atoms with Crippen LogP contribution in [0.4, 0.5) is 0 Å². The van der Waals surface area contributed by atoms with Crippen molar-refractivity contribution in [2.24, 2.45) is 0 Å². The second-order valence-electron chi connectivity index (χ2n) is 5.06. The highest BCUT2D eigenvalue weighted by Crippen LogP contribution is 2.32. The lowest BCUT2D eigenvalue weighted by molar-refractivity contribution is 0.327. The predicted octanol–water partition coefficient (Wildman–Crippen LogP) is 2.36. The number of rotatable bonds is 2. The molecule has 0 saturated heterocycles. The van der Waals surface area contributed by atoms with Crippen LogP contribution in [0.5, 0.6) is 0 Å². The lowest BCUT2D eigenvalue weighted by Gasteiger charge is -2.27. The Labute approximate surface area is 113 Å². The van der Waals surface area contributed by atoms with Gasteiger partial charge in [0.05, 0.1) is 12.3 Å². The summed E-state index contributed by atoms with van der Waals surface area (Å²) in [6, 6.07) is 8.49. The van der Waals surface area contributed by atoms with E-state index in [4.69, 9.17) is 0 Å². The Morgan fingerprint density at radius 3 is 2.89 bits per heavy atom. The van der Waals surface area contributed by atoms with Crippen molar-refractivity contribution < 1.29 is 5.11 Å². The van der Waals surface area contributed by atoms with E-state index >= 15 is 0 Å². The Kier molecular flexibility index (Phi) is 2.91. The molecule has 0 aromatic heterocycles. The minimum Gasteiger partial charge on any atom is -0.392 e. The summed E-state index contributed by atoms with van der Waals surface area (Å²) in [6.45, 7) is 4.26. The smallest absolute Gasteiger partial charge is 0.123 e. The third kappa shape index (κ3) is 2.06. The molecule has 0 aliphatic carbocycles. The lowest BCUT2D eigenvalue weighted by atomic mass is 10.1. The van der Waals surface area contributed by atoms with Gasteiger partial charge in [-0.25, -0.2) is 0 Å². The fraction of sp³-hybridized carbons (Fsp3) is 0.250. The summed E-state index contributed by atoms with van der Waals surface area (Å²) in [5.74, 6) is 0. The molecule has 0 bridgehead atoms. The van der Waals surface area contributed by atoms with E-state index in [0.29, 0.717) is 0 Å². The maximum absolute atomic E-state index is 9.30. The van der Waals surface area contributed by atoms with Gasteiger partial charge in [0.15, 0.2) is 0 Å². The maximum atomic E-state index is 9.30. The first-order chi connectivity index (χ1) is 9.19. The number of allylic oxidation sites excluding steroid dienone is 1. The number of nitrogens with zero attached hydrogens (tertiary/aromatic N) is 1. The van der Waals surface area contributed by atoms with Gasteiger partial charge in [-0.2, -0.15) is 0 Å². The van der Waals surface area contributed by atoms with Crippen molar-refractivity contribution in [1.82, 2.24) is 10.2 Å². The number of aliphatic hydroxyl groups is 1. The van der Waals surface area contributed by atoms with Crippen LogP contribution in [-0.2, 0) is 0 Å². The van der Waals surface area contributed by atoms with E-state index in [9.17, 15) is 5.11 Å². The fourth-order valence-electron chi connectivity index (χ4n) is 2.67. The molecule has 3 nitrogen and oxygen atoms in total. The van der Waals surface area contributed by atoms with Crippen molar-refractivity contribution in [1.29, 1.82) is 0 Å². The Bertz CT molecular complexity index is 599. The minimum atomic E-state index is 0.0693. The zero-order chi connectivity index (χ0) is 13.4. The highest BCUT2D eigenvalue weighted by atomic mass is 16.3. The Balaban J connectivity index is 2.03. The van der Waals surface area contributed by atoms with E-state index in [2.05, 4.69) is 54.4 Å². The average molecular weight is 254 g/mol. The molecule has 2 heterocycles. The first-order valence-corrected chi connectivity index (χ1v) is 6.51. The van der Waals surface area contributed by atoms with E-state index in [1.807, 2.05) is 12.3 Å². The summed E-state index contributed by atoms with van der Waals surface area (Å²) in [6.07, 6.45) is 6.23. The van der Waals surface area contributed by atoms with Crippen LogP contribution in [-0.4, -0.2) is 22.8 Å². The number of hydrogen-bond acceptors (Lipinski definition) is 3. The highest BCUT2D eigenvalue weighted by molar-refractivity contribution is 5.71. The second kappa shape index (κ2) is 4.59. The van der Waals surface area contributed by atoms with Crippen molar-refractivity contribution in [3.05, 3.63) is 65.0 Å². The molecule has 0 amide bonds. The monoisotopic (exact) mass is 254 g/mol. The molecule has 0 fully saturated rings. The molecule has 1 unspecified atom stereocenters. The van der Waals surface area contributed by atoms with Crippen molar-refractivity contribution in [2.75, 3.05) is 6.61 Å². The summed E-state index contributed by atoms with van der Waals surface area (Å²) in [4.78, 5) is 2.19. The number of aryl methyl sites for hydroxylation is 1.